The predicted molar refractivity (Wildman–Crippen MR) is 41.3 cm³/mol. The fraction of sp³-hybridized carbons (Fsp3) is 0.857. The summed E-state index contributed by atoms with van der Waals surface area (Å²) in [4.78, 5) is 2.18. The fourth-order valence-corrected chi connectivity index (χ4v) is 0.258. The van der Waals surface area contributed by atoms with Crippen LogP contribution in [0.3, 0.4) is 0 Å². The molecule has 0 aliphatic rings. The summed E-state index contributed by atoms with van der Waals surface area (Å²) in [6, 6.07) is 0.637. The van der Waals surface area contributed by atoms with Crippen molar-refractivity contribution in [2.75, 3.05) is 20.7 Å². The molecule has 0 saturated carbocycles. The minimum Gasteiger partial charge on any atom is -0.400 e. The molecule has 0 fully saturated rings. The Bertz CT molecular complexity index is 50.9. The van der Waals surface area contributed by atoms with E-state index in [-0.39, 0.29) is 21.1 Å². The van der Waals surface area contributed by atoms with Crippen LogP contribution in [0.2, 0.25) is 0 Å². The maximum Gasteiger partial charge on any atom is 0.0319 e. The molecule has 0 aromatic heterocycles. The zero-order valence-electron chi connectivity index (χ0n) is 7.29. The van der Waals surface area contributed by atoms with Crippen molar-refractivity contribution < 1.29 is 26.2 Å². The number of aliphatic hydroxyl groups excluding tert-OH is 1. The van der Waals surface area contributed by atoms with Gasteiger partial charge < -0.3 is 16.9 Å². The second-order valence-electron chi connectivity index (χ2n) is 2.07. The molecule has 0 amide bonds. The summed E-state index contributed by atoms with van der Waals surface area (Å²) in [7, 11) is 3.07. The van der Waals surface area contributed by atoms with E-state index in [0.717, 1.165) is 13.7 Å². The topological polar surface area (TPSA) is 23.5 Å². The summed E-state index contributed by atoms with van der Waals surface area (Å²) in [5.74, 6) is 0. The first kappa shape index (κ1) is 16.9. The van der Waals surface area contributed by atoms with Crippen molar-refractivity contribution in [3.05, 3.63) is 6.92 Å². The maximum absolute atomic E-state index is 7.00. The van der Waals surface area contributed by atoms with E-state index in [2.05, 4.69) is 32.7 Å². The first-order valence-electron chi connectivity index (χ1n) is 3.12. The molecule has 0 bridgehead atoms. The normalized spacial score (nSPS) is 8.40. The molecule has 3 heteroatoms. The van der Waals surface area contributed by atoms with Crippen molar-refractivity contribution in [2.24, 2.45) is 0 Å². The van der Waals surface area contributed by atoms with Crippen molar-refractivity contribution >= 4 is 0 Å². The second-order valence-corrected chi connectivity index (χ2v) is 2.07. The van der Waals surface area contributed by atoms with Crippen LogP contribution in [0, 0.1) is 6.92 Å². The summed E-state index contributed by atoms with van der Waals surface area (Å²) in [5.41, 5.74) is 0. The second kappa shape index (κ2) is 12.3. The van der Waals surface area contributed by atoms with E-state index in [4.69, 9.17) is 5.11 Å². The molecule has 0 aromatic carbocycles. The van der Waals surface area contributed by atoms with Gasteiger partial charge in [0, 0.05) is 34.2 Å². The minimum atomic E-state index is 0. The molecule has 0 aliphatic heterocycles. The number of hydrogen-bond acceptors (Lipinski definition) is 2. The van der Waals surface area contributed by atoms with Crippen LogP contribution in [-0.2, 0) is 21.1 Å². The average molecular weight is 316 g/mol. The van der Waals surface area contributed by atoms with Gasteiger partial charge in [-0.15, -0.1) is 6.54 Å². The minimum absolute atomic E-state index is 0. The molecular weight excluding hydrogens is 298 g/mol. The first-order valence-corrected chi connectivity index (χ1v) is 3.12. The van der Waals surface area contributed by atoms with Crippen molar-refractivity contribution in [1.29, 1.82) is 0 Å². The van der Waals surface area contributed by atoms with E-state index in [0.29, 0.717) is 6.04 Å². The van der Waals surface area contributed by atoms with Gasteiger partial charge in [-0.05, 0) is 20.9 Å². The largest absolute Gasteiger partial charge is 0.400 e. The average Bonchev–Trinajstić information content (AvgIpc) is 1.91. The van der Waals surface area contributed by atoms with Gasteiger partial charge >= 0.3 is 0 Å². The van der Waals surface area contributed by atoms with E-state index >= 15 is 0 Å². The molecule has 2 nitrogen and oxygen atoms in total. The van der Waals surface area contributed by atoms with Crippen LogP contribution in [0.4, 0.5) is 0 Å². The Labute approximate surface area is 78.9 Å². The van der Waals surface area contributed by atoms with E-state index in [1.165, 1.54) is 0 Å². The van der Waals surface area contributed by atoms with Crippen LogP contribution >= 0.6 is 0 Å². The molecule has 0 aromatic rings. The summed E-state index contributed by atoms with van der Waals surface area (Å²) in [6.07, 6.45) is 0. The Balaban J connectivity index is -0.000000149. The zero-order valence-corrected chi connectivity index (χ0v) is 10.2. The van der Waals surface area contributed by atoms with Gasteiger partial charge in [-0.3, -0.25) is 0 Å². The molecule has 0 spiro atoms. The zero-order chi connectivity index (χ0) is 7.86. The van der Waals surface area contributed by atoms with Crippen LogP contribution in [0.25, 0.3) is 0 Å². The summed E-state index contributed by atoms with van der Waals surface area (Å²) in [6.45, 7) is 8.95. The van der Waals surface area contributed by atoms with Gasteiger partial charge in [0.2, 0.25) is 0 Å². The Morgan fingerprint density at radius 1 is 1.40 bits per heavy atom. The van der Waals surface area contributed by atoms with Crippen LogP contribution in [0.1, 0.15) is 13.8 Å². The molecule has 0 aliphatic carbocycles. The monoisotopic (exact) mass is 316 g/mol. The van der Waals surface area contributed by atoms with Gasteiger partial charge in [0.15, 0.2) is 0 Å². The van der Waals surface area contributed by atoms with Gasteiger partial charge in [0.1, 0.15) is 0 Å². The third-order valence-corrected chi connectivity index (χ3v) is 1.23. The maximum atomic E-state index is 7.00. The number of nitrogens with zero attached hydrogens (tertiary/aromatic N) is 1. The standard InChI is InChI=1S/C6H14N.CH4O.W/c1-5-7(4)6(2)3;1-2;/h6H,1,5H2,2-4H3;2H,1H3;/q-1;;. The smallest absolute Gasteiger partial charge is 0.0319 e. The van der Waals surface area contributed by atoms with Gasteiger partial charge in [0.25, 0.3) is 0 Å². The molecule has 0 radical (unpaired) electrons. The Morgan fingerprint density at radius 2 is 1.70 bits per heavy atom. The van der Waals surface area contributed by atoms with Gasteiger partial charge in [-0.2, -0.15) is 0 Å². The SMILES string of the molecule is CO.[CH2-]CN(C)C(C)C.[W]. The van der Waals surface area contributed by atoms with E-state index in [1.807, 2.05) is 0 Å². The van der Waals surface area contributed by atoms with Crippen molar-refractivity contribution in [1.82, 2.24) is 4.90 Å². The first-order chi connectivity index (χ1) is 4.18. The predicted octanol–water partition coefficient (Wildman–Crippen LogP) is 0.767. The van der Waals surface area contributed by atoms with Crippen LogP contribution < -0.4 is 0 Å². The summed E-state index contributed by atoms with van der Waals surface area (Å²) < 4.78 is 0. The quantitative estimate of drug-likeness (QED) is 0.761. The molecule has 64 valence electrons. The number of aliphatic hydroxyl groups is 1. The van der Waals surface area contributed by atoms with Crippen LogP contribution in [-0.4, -0.2) is 36.8 Å². The summed E-state index contributed by atoms with van der Waals surface area (Å²) >= 11 is 0. The van der Waals surface area contributed by atoms with E-state index in [1.54, 1.807) is 0 Å². The third-order valence-electron chi connectivity index (χ3n) is 1.23. The molecule has 0 saturated heterocycles. The molecular formula is C7H18NOW-. The van der Waals surface area contributed by atoms with E-state index < -0.39 is 0 Å². The third kappa shape index (κ3) is 11.4. The van der Waals surface area contributed by atoms with Gasteiger partial charge in [-0.25, -0.2) is 0 Å². The van der Waals surface area contributed by atoms with Gasteiger partial charge in [-0.1, -0.05) is 0 Å². The van der Waals surface area contributed by atoms with Crippen molar-refractivity contribution in [3.63, 3.8) is 0 Å². The molecule has 0 atom stereocenters. The van der Waals surface area contributed by atoms with Crippen LogP contribution in [0.15, 0.2) is 0 Å². The molecule has 0 rings (SSSR count). The molecule has 1 N–H and O–H groups in total. The molecule has 10 heavy (non-hydrogen) atoms. The van der Waals surface area contributed by atoms with Crippen LogP contribution in [0.5, 0.6) is 0 Å². The number of hydrogen-bond donors (Lipinski definition) is 1. The van der Waals surface area contributed by atoms with E-state index in [9.17, 15) is 0 Å². The fourth-order valence-electron chi connectivity index (χ4n) is 0.258. The Hall–Kier alpha value is 0.608. The Morgan fingerprint density at radius 3 is 1.70 bits per heavy atom. The Kier molecular flexibility index (Phi) is 20.8. The van der Waals surface area contributed by atoms with Crippen molar-refractivity contribution in [3.8, 4) is 0 Å². The number of rotatable bonds is 2. The van der Waals surface area contributed by atoms with Crippen molar-refractivity contribution in [2.45, 2.75) is 19.9 Å². The molecule has 0 unspecified atom stereocenters. The summed E-state index contributed by atoms with van der Waals surface area (Å²) in [5, 5.41) is 7.00. The van der Waals surface area contributed by atoms with Gasteiger partial charge in [0.05, 0.1) is 0 Å². The molecule has 0 heterocycles.